The first-order valence-corrected chi connectivity index (χ1v) is 13.5. The molecule has 36 heavy (non-hydrogen) atoms. The van der Waals surface area contributed by atoms with E-state index in [2.05, 4.69) is 30.0 Å². The van der Waals surface area contributed by atoms with Crippen LogP contribution in [0.1, 0.15) is 68.4 Å². The lowest BCUT2D eigenvalue weighted by atomic mass is 10.0. The van der Waals surface area contributed by atoms with Crippen molar-refractivity contribution in [2.75, 3.05) is 19.7 Å². The number of hydrogen-bond donors (Lipinski definition) is 1. The number of hydrogen-bond acceptors (Lipinski definition) is 6. The summed E-state index contributed by atoms with van der Waals surface area (Å²) in [6.45, 7) is 10.9. The molecular weight excluding hydrogens is 476 g/mol. The molecule has 1 aliphatic heterocycles. The number of nitrogens with zero attached hydrogens (tertiary/aromatic N) is 1. The molecule has 0 unspecified atom stereocenters. The number of carbonyl (C=O) groups excluding carboxylic acids is 1. The molecule has 1 saturated heterocycles. The molecule has 2 aromatic rings. The largest absolute Gasteiger partial charge is 0.493 e. The number of rotatable bonds is 9. The minimum absolute atomic E-state index is 0.00304. The lowest BCUT2D eigenvalue weighted by Crippen LogP contribution is -2.42. The topological polar surface area (TPSA) is 74.0 Å². The Bertz CT molecular complexity index is 1070. The zero-order chi connectivity index (χ0) is 25.8. The van der Waals surface area contributed by atoms with Gasteiger partial charge in [0.1, 0.15) is 29.7 Å². The molecule has 2 atom stereocenters. The normalized spacial score (nSPS) is 19.2. The zero-order valence-electron chi connectivity index (χ0n) is 21.9. The Morgan fingerprint density at radius 3 is 2.61 bits per heavy atom. The van der Waals surface area contributed by atoms with Crippen molar-refractivity contribution in [3.05, 3.63) is 57.6 Å². The van der Waals surface area contributed by atoms with Crippen LogP contribution in [-0.4, -0.2) is 42.7 Å². The molecular formula is C29H39ClN2O4. The first-order valence-electron chi connectivity index (χ1n) is 13.2. The molecule has 0 spiro atoms. The van der Waals surface area contributed by atoms with Crippen LogP contribution in [0.3, 0.4) is 0 Å². The number of aryl methyl sites for hydroxylation is 1. The van der Waals surface area contributed by atoms with Crippen LogP contribution >= 0.6 is 11.6 Å². The lowest BCUT2D eigenvalue weighted by Gasteiger charge is -2.32. The maximum Gasteiger partial charge on any atom is 0.323 e. The Balaban J connectivity index is 1.40. The number of carbonyl (C=O) groups is 1. The molecule has 1 fully saturated rings. The van der Waals surface area contributed by atoms with Crippen LogP contribution in [0.25, 0.3) is 0 Å². The van der Waals surface area contributed by atoms with Gasteiger partial charge >= 0.3 is 5.97 Å². The van der Waals surface area contributed by atoms with E-state index in [1.54, 1.807) is 0 Å². The molecule has 1 aliphatic carbocycles. The number of nitrogens with two attached hydrogens (primary N) is 1. The SMILES string of the molecule is CCOc1cc(O[C@H]2CCc3c(C)cccc32)c(Cl)cc1CN1CCC(OC(=O)[C@@H](N)C(C)C)CC1. The quantitative estimate of drug-likeness (QED) is 0.439. The highest BCUT2D eigenvalue weighted by Crippen LogP contribution is 2.41. The van der Waals surface area contributed by atoms with Crippen molar-refractivity contribution in [1.82, 2.24) is 4.90 Å². The highest BCUT2D eigenvalue weighted by Gasteiger charge is 2.28. The molecule has 0 saturated carbocycles. The molecule has 2 aliphatic rings. The number of fused-ring (bicyclic) bond motifs is 1. The first-order chi connectivity index (χ1) is 17.3. The van der Waals surface area contributed by atoms with Crippen LogP contribution in [0.2, 0.25) is 5.02 Å². The fraction of sp³-hybridized carbons (Fsp3) is 0.552. The van der Waals surface area contributed by atoms with Gasteiger partial charge in [-0.2, -0.15) is 0 Å². The van der Waals surface area contributed by atoms with E-state index in [1.807, 2.05) is 32.9 Å². The van der Waals surface area contributed by atoms with Crippen LogP contribution in [0.4, 0.5) is 0 Å². The summed E-state index contributed by atoms with van der Waals surface area (Å²) < 4.78 is 18.1. The fourth-order valence-electron chi connectivity index (χ4n) is 5.10. The molecule has 7 heteroatoms. The van der Waals surface area contributed by atoms with Crippen LogP contribution in [0.15, 0.2) is 30.3 Å². The maximum atomic E-state index is 12.2. The second kappa shape index (κ2) is 11.8. The number of benzene rings is 2. The number of piperidine rings is 1. The minimum Gasteiger partial charge on any atom is -0.493 e. The second-order valence-corrected chi connectivity index (χ2v) is 10.7. The van der Waals surface area contributed by atoms with Crippen LogP contribution in [0.5, 0.6) is 11.5 Å². The van der Waals surface area contributed by atoms with Crippen molar-refractivity contribution in [3.8, 4) is 11.5 Å². The smallest absolute Gasteiger partial charge is 0.323 e. The molecule has 4 rings (SSSR count). The van der Waals surface area contributed by atoms with E-state index in [0.717, 1.165) is 50.1 Å². The fourth-order valence-corrected chi connectivity index (χ4v) is 5.33. The van der Waals surface area contributed by atoms with Gasteiger partial charge in [-0.05, 0) is 68.2 Å². The average molecular weight is 515 g/mol. The van der Waals surface area contributed by atoms with Crippen molar-refractivity contribution in [3.63, 3.8) is 0 Å². The van der Waals surface area contributed by atoms with Crippen LogP contribution in [0, 0.1) is 12.8 Å². The predicted molar refractivity (Wildman–Crippen MR) is 143 cm³/mol. The van der Waals surface area contributed by atoms with E-state index in [0.29, 0.717) is 23.9 Å². The predicted octanol–water partition coefficient (Wildman–Crippen LogP) is 5.60. The molecule has 0 radical (unpaired) electrons. The summed E-state index contributed by atoms with van der Waals surface area (Å²) in [7, 11) is 0. The van der Waals surface area contributed by atoms with Gasteiger partial charge in [-0.15, -0.1) is 0 Å². The van der Waals surface area contributed by atoms with Crippen molar-refractivity contribution in [1.29, 1.82) is 0 Å². The van der Waals surface area contributed by atoms with E-state index >= 15 is 0 Å². The van der Waals surface area contributed by atoms with Crippen LogP contribution < -0.4 is 15.2 Å². The maximum absolute atomic E-state index is 12.2. The van der Waals surface area contributed by atoms with Crippen LogP contribution in [-0.2, 0) is 22.5 Å². The van der Waals surface area contributed by atoms with E-state index in [1.165, 1.54) is 16.7 Å². The van der Waals surface area contributed by atoms with Gasteiger partial charge in [-0.1, -0.05) is 43.6 Å². The lowest BCUT2D eigenvalue weighted by molar-refractivity contribution is -0.154. The molecule has 2 N–H and O–H groups in total. The van der Waals surface area contributed by atoms with E-state index in [9.17, 15) is 4.79 Å². The van der Waals surface area contributed by atoms with Crippen molar-refractivity contribution >= 4 is 17.6 Å². The second-order valence-electron chi connectivity index (χ2n) is 10.3. The molecule has 196 valence electrons. The van der Waals surface area contributed by atoms with E-state index < -0.39 is 6.04 Å². The summed E-state index contributed by atoms with van der Waals surface area (Å²) in [6, 6.07) is 9.75. The average Bonchev–Trinajstić information content (AvgIpc) is 3.26. The summed E-state index contributed by atoms with van der Waals surface area (Å²) in [5, 5.41) is 0.598. The van der Waals surface area contributed by atoms with Gasteiger partial charge in [0, 0.05) is 31.3 Å². The Labute approximate surface area is 220 Å². The van der Waals surface area contributed by atoms with Crippen molar-refractivity contribution < 1.29 is 19.0 Å². The summed E-state index contributed by atoms with van der Waals surface area (Å²) in [5.74, 6) is 1.23. The zero-order valence-corrected chi connectivity index (χ0v) is 22.6. The van der Waals surface area contributed by atoms with Gasteiger partial charge in [0.05, 0.1) is 11.6 Å². The monoisotopic (exact) mass is 514 g/mol. The van der Waals surface area contributed by atoms with E-state index in [-0.39, 0.29) is 24.1 Å². The van der Waals surface area contributed by atoms with Gasteiger partial charge in [-0.25, -0.2) is 0 Å². The van der Waals surface area contributed by atoms with Gasteiger partial charge in [0.25, 0.3) is 0 Å². The first kappa shape index (κ1) is 26.8. The summed E-state index contributed by atoms with van der Waals surface area (Å²) >= 11 is 6.72. The number of ether oxygens (including phenoxy) is 3. The number of esters is 1. The van der Waals surface area contributed by atoms with Gasteiger partial charge in [-0.3, -0.25) is 9.69 Å². The third kappa shape index (κ3) is 6.16. The Morgan fingerprint density at radius 1 is 1.17 bits per heavy atom. The Kier molecular flexibility index (Phi) is 8.81. The van der Waals surface area contributed by atoms with Crippen molar-refractivity contribution in [2.24, 2.45) is 11.7 Å². The Morgan fingerprint density at radius 2 is 1.92 bits per heavy atom. The third-order valence-electron chi connectivity index (χ3n) is 7.34. The molecule has 6 nitrogen and oxygen atoms in total. The number of likely N-dealkylation sites (tertiary alicyclic amines) is 1. The highest BCUT2D eigenvalue weighted by molar-refractivity contribution is 6.32. The summed E-state index contributed by atoms with van der Waals surface area (Å²) in [5.41, 5.74) is 10.9. The van der Waals surface area contributed by atoms with Gasteiger partial charge in [0.2, 0.25) is 0 Å². The van der Waals surface area contributed by atoms with E-state index in [4.69, 9.17) is 31.5 Å². The van der Waals surface area contributed by atoms with Gasteiger partial charge < -0.3 is 19.9 Å². The van der Waals surface area contributed by atoms with Gasteiger partial charge in [0.15, 0.2) is 0 Å². The molecule has 0 bridgehead atoms. The molecule has 0 aromatic heterocycles. The minimum atomic E-state index is -0.568. The number of halogens is 1. The standard InChI is InChI=1S/C29H39ClN2O4/c1-5-34-26-16-27(36-25-10-9-22-19(4)7-6-8-23(22)25)24(30)15-20(26)17-32-13-11-21(12-14-32)35-29(33)28(31)18(2)3/h6-8,15-16,18,21,25,28H,5,9-14,17,31H2,1-4H3/t25-,28-/m0/s1. The molecule has 2 aromatic carbocycles. The summed E-state index contributed by atoms with van der Waals surface area (Å²) in [4.78, 5) is 14.6. The molecule has 0 amide bonds. The van der Waals surface area contributed by atoms with Crippen molar-refractivity contribution in [2.45, 2.75) is 78.2 Å². The summed E-state index contributed by atoms with van der Waals surface area (Å²) in [6.07, 6.45) is 3.47. The Hall–Kier alpha value is -2.28. The highest BCUT2D eigenvalue weighted by atomic mass is 35.5. The third-order valence-corrected chi connectivity index (χ3v) is 7.63. The molecule has 1 heterocycles.